The third-order valence-corrected chi connectivity index (χ3v) is 1.66. The van der Waals surface area contributed by atoms with Crippen LogP contribution in [0, 0.1) is 0 Å². The van der Waals surface area contributed by atoms with Crippen LogP contribution in [-0.4, -0.2) is 37.4 Å². The van der Waals surface area contributed by atoms with E-state index in [0.717, 1.165) is 6.54 Å². The van der Waals surface area contributed by atoms with Gasteiger partial charge in [0.25, 0.3) is 11.8 Å². The Hall–Kier alpha value is -1.16. The number of nitrogens with one attached hydrogen (secondary N) is 1. The Morgan fingerprint density at radius 2 is 2.08 bits per heavy atom. The van der Waals surface area contributed by atoms with E-state index in [4.69, 9.17) is 0 Å². The molecule has 12 heavy (non-hydrogen) atoms. The first-order chi connectivity index (χ1) is 5.59. The lowest BCUT2D eigenvalue weighted by Gasteiger charge is -2.07. The number of amides is 2. The lowest BCUT2D eigenvalue weighted by atomic mass is 10.2. The van der Waals surface area contributed by atoms with Gasteiger partial charge in [0, 0.05) is 18.2 Å². The summed E-state index contributed by atoms with van der Waals surface area (Å²) in [5.41, 5.74) is 0.578. The van der Waals surface area contributed by atoms with Crippen molar-refractivity contribution in [2.24, 2.45) is 0 Å². The van der Waals surface area contributed by atoms with Gasteiger partial charge >= 0.3 is 0 Å². The first-order valence-electron chi connectivity index (χ1n) is 3.80. The maximum Gasteiger partial charge on any atom is 0.254 e. The van der Waals surface area contributed by atoms with Crippen molar-refractivity contribution in [3.8, 4) is 0 Å². The fourth-order valence-corrected chi connectivity index (χ4v) is 0.982. The van der Waals surface area contributed by atoms with Crippen molar-refractivity contribution >= 4 is 11.8 Å². The van der Waals surface area contributed by atoms with Gasteiger partial charge in [-0.15, -0.1) is 0 Å². The standard InChI is InChI=1S/C8H12N2O2/c1-10(2)4-3-6-5-7(11)9-8(6)12/h5H,3-4H2,1-2H3,(H,9,11,12). The maximum absolute atomic E-state index is 11.0. The summed E-state index contributed by atoms with van der Waals surface area (Å²) < 4.78 is 0. The molecule has 0 saturated carbocycles. The molecule has 1 rings (SSSR count). The van der Waals surface area contributed by atoms with Gasteiger partial charge in [0.05, 0.1) is 0 Å². The van der Waals surface area contributed by atoms with Gasteiger partial charge in [-0.25, -0.2) is 0 Å². The van der Waals surface area contributed by atoms with E-state index < -0.39 is 0 Å². The molecule has 1 heterocycles. The monoisotopic (exact) mass is 168 g/mol. The second-order valence-electron chi connectivity index (χ2n) is 3.04. The fraction of sp³-hybridized carbons (Fsp3) is 0.500. The first-order valence-corrected chi connectivity index (χ1v) is 3.80. The minimum atomic E-state index is -0.297. The molecule has 1 aliphatic rings. The van der Waals surface area contributed by atoms with Gasteiger partial charge in [-0.2, -0.15) is 0 Å². The molecule has 1 aliphatic heterocycles. The predicted octanol–water partition coefficient (Wildman–Crippen LogP) is -0.479. The summed E-state index contributed by atoms with van der Waals surface area (Å²) in [4.78, 5) is 23.6. The molecule has 0 aromatic rings. The molecular formula is C8H12N2O2. The van der Waals surface area contributed by atoms with Crippen LogP contribution in [0.25, 0.3) is 0 Å². The van der Waals surface area contributed by atoms with Crippen molar-refractivity contribution in [2.75, 3.05) is 20.6 Å². The molecular weight excluding hydrogens is 156 g/mol. The highest BCUT2D eigenvalue weighted by Crippen LogP contribution is 2.06. The van der Waals surface area contributed by atoms with E-state index in [1.165, 1.54) is 6.08 Å². The van der Waals surface area contributed by atoms with Crippen molar-refractivity contribution in [3.05, 3.63) is 11.6 Å². The molecule has 2 amide bonds. The topological polar surface area (TPSA) is 49.4 Å². The predicted molar refractivity (Wildman–Crippen MR) is 44.4 cm³/mol. The van der Waals surface area contributed by atoms with Crippen LogP contribution in [0.4, 0.5) is 0 Å². The summed E-state index contributed by atoms with van der Waals surface area (Å²) in [6.07, 6.45) is 2.00. The summed E-state index contributed by atoms with van der Waals surface area (Å²) >= 11 is 0. The van der Waals surface area contributed by atoms with Crippen LogP contribution in [0.1, 0.15) is 6.42 Å². The van der Waals surface area contributed by atoms with Gasteiger partial charge in [-0.3, -0.25) is 14.9 Å². The normalized spacial score (nSPS) is 16.8. The van der Waals surface area contributed by atoms with Gasteiger partial charge in [0.2, 0.25) is 0 Å². The van der Waals surface area contributed by atoms with Crippen molar-refractivity contribution in [1.82, 2.24) is 10.2 Å². The third kappa shape index (κ3) is 2.17. The Bertz CT molecular complexity index is 243. The highest BCUT2D eigenvalue weighted by molar-refractivity contribution is 6.16. The molecule has 0 aliphatic carbocycles. The second-order valence-corrected chi connectivity index (χ2v) is 3.04. The van der Waals surface area contributed by atoms with Crippen LogP contribution >= 0.6 is 0 Å². The van der Waals surface area contributed by atoms with Gasteiger partial charge in [-0.05, 0) is 20.5 Å². The number of imide groups is 1. The molecule has 1 N–H and O–H groups in total. The molecule has 0 unspecified atom stereocenters. The van der Waals surface area contributed by atoms with Crippen LogP contribution in [0.15, 0.2) is 11.6 Å². The van der Waals surface area contributed by atoms with Gasteiger partial charge in [0.1, 0.15) is 0 Å². The third-order valence-electron chi connectivity index (χ3n) is 1.66. The number of carbonyl (C=O) groups is 2. The highest BCUT2D eigenvalue weighted by atomic mass is 16.2. The van der Waals surface area contributed by atoms with Crippen molar-refractivity contribution in [2.45, 2.75) is 6.42 Å². The number of carbonyl (C=O) groups excluding carboxylic acids is 2. The van der Waals surface area contributed by atoms with Crippen molar-refractivity contribution in [3.63, 3.8) is 0 Å². The quantitative estimate of drug-likeness (QED) is 0.579. The molecule has 0 saturated heterocycles. The lowest BCUT2D eigenvalue weighted by Crippen LogP contribution is -2.23. The average Bonchev–Trinajstić information content (AvgIpc) is 2.26. The van der Waals surface area contributed by atoms with E-state index >= 15 is 0 Å². The molecule has 0 fully saturated rings. The van der Waals surface area contributed by atoms with Crippen molar-refractivity contribution < 1.29 is 9.59 Å². The molecule has 0 aromatic carbocycles. The van der Waals surface area contributed by atoms with E-state index in [9.17, 15) is 9.59 Å². The molecule has 4 nitrogen and oxygen atoms in total. The van der Waals surface area contributed by atoms with Crippen LogP contribution < -0.4 is 5.32 Å². The molecule has 4 heteroatoms. The first kappa shape index (κ1) is 8.93. The smallest absolute Gasteiger partial charge is 0.254 e. The molecule has 66 valence electrons. The fourth-order valence-electron chi connectivity index (χ4n) is 0.982. The van der Waals surface area contributed by atoms with Crippen LogP contribution in [0.3, 0.4) is 0 Å². The van der Waals surface area contributed by atoms with Crippen molar-refractivity contribution in [1.29, 1.82) is 0 Å². The molecule has 0 atom stereocenters. The van der Waals surface area contributed by atoms with Gasteiger partial charge in [-0.1, -0.05) is 0 Å². The zero-order valence-corrected chi connectivity index (χ0v) is 7.26. The Morgan fingerprint density at radius 3 is 2.50 bits per heavy atom. The average molecular weight is 168 g/mol. The number of rotatable bonds is 3. The summed E-state index contributed by atoms with van der Waals surface area (Å²) in [7, 11) is 3.85. The molecule has 0 spiro atoms. The van der Waals surface area contributed by atoms with E-state index in [1.807, 2.05) is 19.0 Å². The van der Waals surface area contributed by atoms with E-state index in [2.05, 4.69) is 5.32 Å². The maximum atomic E-state index is 11.0. The Labute approximate surface area is 71.2 Å². The minimum absolute atomic E-state index is 0.248. The molecule has 0 radical (unpaired) electrons. The minimum Gasteiger partial charge on any atom is -0.309 e. The van der Waals surface area contributed by atoms with Crippen LogP contribution in [0.2, 0.25) is 0 Å². The lowest BCUT2D eigenvalue weighted by molar-refractivity contribution is -0.123. The van der Waals surface area contributed by atoms with Gasteiger partial charge < -0.3 is 4.90 Å². The van der Waals surface area contributed by atoms with E-state index in [-0.39, 0.29) is 11.8 Å². The van der Waals surface area contributed by atoms with E-state index in [0.29, 0.717) is 12.0 Å². The number of hydrogen-bond acceptors (Lipinski definition) is 3. The second kappa shape index (κ2) is 3.49. The Kier molecular flexibility index (Phi) is 2.60. The summed E-state index contributed by atoms with van der Waals surface area (Å²) in [5.74, 6) is -0.546. The van der Waals surface area contributed by atoms with Crippen LogP contribution in [-0.2, 0) is 9.59 Å². The molecule has 0 bridgehead atoms. The zero-order chi connectivity index (χ0) is 9.14. The van der Waals surface area contributed by atoms with E-state index in [1.54, 1.807) is 0 Å². The largest absolute Gasteiger partial charge is 0.309 e. The van der Waals surface area contributed by atoms with Gasteiger partial charge in [0.15, 0.2) is 0 Å². The SMILES string of the molecule is CN(C)CCC1=CC(=O)NC1=O. The highest BCUT2D eigenvalue weighted by Gasteiger charge is 2.19. The zero-order valence-electron chi connectivity index (χ0n) is 7.26. The Morgan fingerprint density at radius 1 is 1.42 bits per heavy atom. The van der Waals surface area contributed by atoms with Crippen LogP contribution in [0.5, 0.6) is 0 Å². The molecule has 0 aromatic heterocycles. The number of hydrogen-bond donors (Lipinski definition) is 1. The summed E-state index contributed by atoms with van der Waals surface area (Å²) in [6.45, 7) is 0.784. The summed E-state index contributed by atoms with van der Waals surface area (Å²) in [5, 5.41) is 2.20. The summed E-state index contributed by atoms with van der Waals surface area (Å²) in [6, 6.07) is 0. The number of nitrogens with zero attached hydrogens (tertiary/aromatic N) is 1. The Balaban J connectivity index is 2.47.